The Kier molecular flexibility index (Phi) is 15.5. The minimum absolute atomic E-state index is 0.0259. The minimum atomic E-state index is -1.27. The molecule has 5 amide bonds. The molecule has 2 heterocycles. The van der Waals surface area contributed by atoms with Crippen molar-refractivity contribution in [2.75, 3.05) is 11.9 Å². The van der Waals surface area contributed by atoms with Gasteiger partial charge in [-0.1, -0.05) is 49.6 Å². The molecule has 2 aromatic heterocycles. The minimum Gasteiger partial charge on any atom is -0.481 e. The SMILES string of the molecule is NC(=O)C1(NC(=O)[C@@H](CCCC(=O)O)NC(=O)[C@@H](CCCCNC(=O)/C=C/c2cccnc2)NC(=O)Cc2ccc(Nc3nc4ccccc4o3)cc2)CCCCC1. The molecule has 1 fully saturated rings. The van der Waals surface area contributed by atoms with Crippen LogP contribution in [0.5, 0.6) is 0 Å². The van der Waals surface area contributed by atoms with Gasteiger partial charge in [-0.05, 0) is 92.5 Å². The number of primary amides is 1. The van der Waals surface area contributed by atoms with E-state index in [0.29, 0.717) is 73.4 Å². The molecule has 0 saturated heterocycles. The maximum Gasteiger partial charge on any atom is 0.303 e. The maximum absolute atomic E-state index is 13.9. The van der Waals surface area contributed by atoms with Crippen molar-refractivity contribution in [2.24, 2.45) is 5.73 Å². The number of unbranched alkanes of at least 4 members (excludes halogenated alkanes) is 1. The molecule has 16 nitrogen and oxygen atoms in total. The summed E-state index contributed by atoms with van der Waals surface area (Å²) >= 11 is 0. The average molecular weight is 795 g/mol. The lowest BCUT2D eigenvalue weighted by atomic mass is 9.80. The second kappa shape index (κ2) is 21.1. The van der Waals surface area contributed by atoms with Gasteiger partial charge in [0.25, 0.3) is 6.01 Å². The highest BCUT2D eigenvalue weighted by atomic mass is 16.4. The van der Waals surface area contributed by atoms with Crippen molar-refractivity contribution in [1.82, 2.24) is 31.2 Å². The number of pyridine rings is 1. The number of anilines is 2. The third-order valence-electron chi connectivity index (χ3n) is 9.90. The van der Waals surface area contributed by atoms with E-state index in [1.54, 1.807) is 48.8 Å². The van der Waals surface area contributed by atoms with Crippen LogP contribution in [-0.2, 0) is 35.2 Å². The summed E-state index contributed by atoms with van der Waals surface area (Å²) in [6.07, 6.45) is 10.1. The zero-order chi connectivity index (χ0) is 41.3. The van der Waals surface area contributed by atoms with Gasteiger partial charge in [0.1, 0.15) is 23.1 Å². The van der Waals surface area contributed by atoms with Gasteiger partial charge < -0.3 is 41.8 Å². The van der Waals surface area contributed by atoms with Crippen molar-refractivity contribution in [3.05, 3.63) is 90.3 Å². The molecule has 1 aliphatic carbocycles. The van der Waals surface area contributed by atoms with E-state index < -0.39 is 47.2 Å². The first-order chi connectivity index (χ1) is 28.0. The number of nitrogens with two attached hydrogens (primary N) is 1. The number of nitrogens with zero attached hydrogens (tertiary/aromatic N) is 2. The van der Waals surface area contributed by atoms with Gasteiger partial charge in [-0.25, -0.2) is 0 Å². The lowest BCUT2D eigenvalue weighted by Gasteiger charge is -2.36. The summed E-state index contributed by atoms with van der Waals surface area (Å²) in [6, 6.07) is 16.1. The molecule has 4 aromatic rings. The third-order valence-corrected chi connectivity index (χ3v) is 9.90. The number of amides is 5. The Hall–Kier alpha value is -6.58. The summed E-state index contributed by atoms with van der Waals surface area (Å²) in [7, 11) is 0. The predicted molar refractivity (Wildman–Crippen MR) is 216 cm³/mol. The number of fused-ring (bicyclic) bond motifs is 1. The van der Waals surface area contributed by atoms with Gasteiger partial charge in [0.05, 0.1) is 6.42 Å². The second-order valence-corrected chi connectivity index (χ2v) is 14.4. The van der Waals surface area contributed by atoms with Crippen LogP contribution in [0.2, 0.25) is 0 Å². The zero-order valence-electron chi connectivity index (χ0n) is 32.2. The first-order valence-electron chi connectivity index (χ1n) is 19.5. The van der Waals surface area contributed by atoms with E-state index in [9.17, 15) is 33.9 Å². The number of carboxylic acid groups (broad SMARTS) is 1. The van der Waals surface area contributed by atoms with Crippen molar-refractivity contribution in [2.45, 2.75) is 94.7 Å². The van der Waals surface area contributed by atoms with Gasteiger partial charge in [-0.2, -0.15) is 4.98 Å². The van der Waals surface area contributed by atoms with Crippen molar-refractivity contribution < 1.29 is 38.3 Å². The van der Waals surface area contributed by atoms with Gasteiger partial charge >= 0.3 is 5.97 Å². The summed E-state index contributed by atoms with van der Waals surface area (Å²) in [6.45, 7) is 0.303. The standard InChI is InChI=1S/C42H50N8O8/c43-40(57)42(22-5-1-6-23-42)50-39(56)33(13-8-15-37(53)54)48-38(55)32(12-4-7-25-45-35(51)21-18-29-10-9-24-44-27-29)47-36(52)26-28-16-19-30(20-17-28)46-41-49-31-11-2-3-14-34(31)58-41/h2-3,9-11,14,16-21,24,27,32-33H,1,4-8,12-13,15,22-23,25-26H2,(H2,43,57)(H,45,51)(H,46,49)(H,47,52)(H,48,55)(H,50,56)(H,53,54)/b21-18+/t32-,33-/m1/s1. The van der Waals surface area contributed by atoms with Crippen molar-refractivity contribution >= 4 is 64.4 Å². The lowest BCUT2D eigenvalue weighted by Crippen LogP contribution is -2.62. The van der Waals surface area contributed by atoms with Gasteiger partial charge in [-0.15, -0.1) is 0 Å². The van der Waals surface area contributed by atoms with Crippen LogP contribution in [0, 0.1) is 0 Å². The molecule has 1 saturated carbocycles. The number of benzene rings is 2. The first-order valence-corrected chi connectivity index (χ1v) is 19.5. The molecule has 0 aliphatic heterocycles. The van der Waals surface area contributed by atoms with Crippen LogP contribution in [0.4, 0.5) is 11.7 Å². The van der Waals surface area contributed by atoms with Crippen LogP contribution < -0.4 is 32.3 Å². The molecule has 0 unspecified atom stereocenters. The number of hydrogen-bond acceptors (Lipinski definition) is 10. The topological polar surface area (TPSA) is 248 Å². The molecular weight excluding hydrogens is 745 g/mol. The number of aromatic nitrogens is 2. The Morgan fingerprint density at radius 2 is 1.60 bits per heavy atom. The van der Waals surface area contributed by atoms with E-state index >= 15 is 0 Å². The molecule has 0 bridgehead atoms. The van der Waals surface area contributed by atoms with E-state index in [-0.39, 0.29) is 38.0 Å². The van der Waals surface area contributed by atoms with E-state index in [1.807, 2.05) is 30.3 Å². The molecule has 2 atom stereocenters. The highest BCUT2D eigenvalue weighted by Gasteiger charge is 2.41. The molecule has 0 radical (unpaired) electrons. The molecule has 0 spiro atoms. The third kappa shape index (κ3) is 13.0. The number of oxazole rings is 1. The molecule has 306 valence electrons. The van der Waals surface area contributed by atoms with Crippen LogP contribution in [0.1, 0.15) is 81.8 Å². The molecule has 58 heavy (non-hydrogen) atoms. The average Bonchev–Trinajstić information content (AvgIpc) is 3.62. The number of para-hydroxylation sites is 2. The summed E-state index contributed by atoms with van der Waals surface area (Å²) in [5, 5.41) is 23.5. The highest BCUT2D eigenvalue weighted by Crippen LogP contribution is 2.28. The zero-order valence-corrected chi connectivity index (χ0v) is 32.2. The fourth-order valence-corrected chi connectivity index (χ4v) is 6.75. The number of carbonyl (C=O) groups is 6. The van der Waals surface area contributed by atoms with E-state index in [1.165, 1.54) is 6.08 Å². The smallest absolute Gasteiger partial charge is 0.303 e. The number of hydrogen-bond donors (Lipinski definition) is 7. The van der Waals surface area contributed by atoms with Crippen LogP contribution in [0.15, 0.2) is 83.6 Å². The predicted octanol–water partition coefficient (Wildman–Crippen LogP) is 4.04. The molecule has 16 heteroatoms. The van der Waals surface area contributed by atoms with Crippen molar-refractivity contribution in [3.8, 4) is 0 Å². The summed E-state index contributed by atoms with van der Waals surface area (Å²) in [5.74, 6) is -3.79. The Balaban J connectivity index is 1.23. The lowest BCUT2D eigenvalue weighted by molar-refractivity contribution is -0.138. The van der Waals surface area contributed by atoms with E-state index in [0.717, 1.165) is 12.0 Å². The van der Waals surface area contributed by atoms with Crippen LogP contribution >= 0.6 is 0 Å². The van der Waals surface area contributed by atoms with Crippen LogP contribution in [-0.4, -0.2) is 74.7 Å². The summed E-state index contributed by atoms with van der Waals surface area (Å²) < 4.78 is 5.73. The molecular formula is C42H50N8O8. The van der Waals surface area contributed by atoms with E-state index in [4.69, 9.17) is 10.2 Å². The van der Waals surface area contributed by atoms with Crippen LogP contribution in [0.25, 0.3) is 17.2 Å². The van der Waals surface area contributed by atoms with Gasteiger partial charge in [-0.3, -0.25) is 33.8 Å². The van der Waals surface area contributed by atoms with Gasteiger partial charge in [0, 0.05) is 37.1 Å². The quantitative estimate of drug-likeness (QED) is 0.0469. The number of rotatable bonds is 21. The Bertz CT molecular complexity index is 2030. The van der Waals surface area contributed by atoms with Crippen molar-refractivity contribution in [3.63, 3.8) is 0 Å². The van der Waals surface area contributed by atoms with Crippen molar-refractivity contribution in [1.29, 1.82) is 0 Å². The maximum atomic E-state index is 13.9. The number of carbonyl (C=O) groups excluding carboxylic acids is 5. The number of nitrogens with one attached hydrogen (secondary N) is 5. The molecule has 2 aromatic carbocycles. The highest BCUT2D eigenvalue weighted by molar-refractivity contribution is 5.96. The molecule has 1 aliphatic rings. The Morgan fingerprint density at radius 1 is 0.862 bits per heavy atom. The van der Waals surface area contributed by atoms with Crippen LogP contribution in [0.3, 0.4) is 0 Å². The Labute approximate surface area is 335 Å². The fourth-order valence-electron chi connectivity index (χ4n) is 6.75. The molecule has 5 rings (SSSR count). The Morgan fingerprint density at radius 3 is 2.31 bits per heavy atom. The fraction of sp³-hybridized carbons (Fsp3) is 0.381. The monoisotopic (exact) mass is 794 g/mol. The van der Waals surface area contributed by atoms with E-state index in [2.05, 4.69) is 36.6 Å². The second-order valence-electron chi connectivity index (χ2n) is 14.4. The molecule has 8 N–H and O–H groups in total. The number of aliphatic carboxylic acids is 1. The normalized spacial score (nSPS) is 14.6. The summed E-state index contributed by atoms with van der Waals surface area (Å²) in [4.78, 5) is 85.6. The first kappa shape index (κ1) is 42.6. The largest absolute Gasteiger partial charge is 0.481 e. The summed E-state index contributed by atoms with van der Waals surface area (Å²) in [5.41, 5.74) is 7.95. The van der Waals surface area contributed by atoms with Gasteiger partial charge in [0.2, 0.25) is 29.5 Å². The van der Waals surface area contributed by atoms with Gasteiger partial charge in [0.15, 0.2) is 5.58 Å². The number of carboxylic acids is 1.